The summed E-state index contributed by atoms with van der Waals surface area (Å²) in [6.45, 7) is 0.139. The first-order chi connectivity index (χ1) is 13.2. The molecule has 7 nitrogen and oxygen atoms in total. The highest BCUT2D eigenvalue weighted by Gasteiger charge is 2.14. The molecule has 0 unspecified atom stereocenters. The van der Waals surface area contributed by atoms with E-state index in [9.17, 15) is 9.18 Å². The summed E-state index contributed by atoms with van der Waals surface area (Å²) in [5.74, 6) is 1.10. The predicted molar refractivity (Wildman–Crippen MR) is 92.7 cm³/mol. The fraction of sp³-hybridized carbons (Fsp3) is 0.158. The molecule has 2 heterocycles. The Labute approximate surface area is 153 Å². The van der Waals surface area contributed by atoms with Crippen LogP contribution in [0, 0.1) is 5.82 Å². The van der Waals surface area contributed by atoms with Gasteiger partial charge in [-0.15, -0.1) is 0 Å². The van der Waals surface area contributed by atoms with Crippen LogP contribution < -0.4 is 14.8 Å². The van der Waals surface area contributed by atoms with Crippen LogP contribution in [0.3, 0.4) is 0 Å². The van der Waals surface area contributed by atoms with Gasteiger partial charge in [0.05, 0.1) is 6.61 Å². The summed E-state index contributed by atoms with van der Waals surface area (Å²) in [5.41, 5.74) is 1.83. The molecule has 1 amide bonds. The Balaban J connectivity index is 1.27. The molecule has 1 aliphatic heterocycles. The summed E-state index contributed by atoms with van der Waals surface area (Å²) in [6.07, 6.45) is 0. The van der Waals surface area contributed by atoms with Gasteiger partial charge in [-0.05, 0) is 36.4 Å². The number of hydrogen-bond acceptors (Lipinski definition) is 6. The first-order valence-corrected chi connectivity index (χ1v) is 8.16. The van der Waals surface area contributed by atoms with Crippen LogP contribution in [0.5, 0.6) is 11.5 Å². The maximum absolute atomic E-state index is 13.0. The van der Waals surface area contributed by atoms with Gasteiger partial charge in [0.1, 0.15) is 18.1 Å². The van der Waals surface area contributed by atoms with Crippen molar-refractivity contribution in [1.29, 1.82) is 0 Å². The molecule has 3 aromatic rings. The number of carbonyl (C=O) groups is 1. The number of amides is 1. The van der Waals surface area contributed by atoms with Crippen molar-refractivity contribution in [2.45, 2.75) is 6.61 Å². The Bertz CT molecular complexity index is 955. The lowest BCUT2D eigenvalue weighted by Gasteiger charge is -2.06. The number of anilines is 1. The second-order valence-electron chi connectivity index (χ2n) is 5.80. The second-order valence-corrected chi connectivity index (χ2v) is 5.80. The van der Waals surface area contributed by atoms with Crippen molar-refractivity contribution in [1.82, 2.24) is 5.16 Å². The third-order valence-corrected chi connectivity index (χ3v) is 3.83. The largest absolute Gasteiger partial charge is 0.454 e. The van der Waals surface area contributed by atoms with Crippen molar-refractivity contribution >= 4 is 11.6 Å². The highest BCUT2D eigenvalue weighted by Crippen LogP contribution is 2.34. The van der Waals surface area contributed by atoms with Gasteiger partial charge < -0.3 is 24.1 Å². The minimum Gasteiger partial charge on any atom is -0.454 e. The number of ether oxygens (including phenoxy) is 3. The molecule has 138 valence electrons. The Morgan fingerprint density at radius 1 is 1.11 bits per heavy atom. The monoisotopic (exact) mass is 370 g/mol. The van der Waals surface area contributed by atoms with Crippen LogP contribution in [0.4, 0.5) is 10.1 Å². The van der Waals surface area contributed by atoms with Crippen LogP contribution in [-0.4, -0.2) is 24.5 Å². The smallest absolute Gasteiger partial charge is 0.250 e. The summed E-state index contributed by atoms with van der Waals surface area (Å²) in [4.78, 5) is 12.0. The second kappa shape index (κ2) is 7.46. The number of halogens is 1. The van der Waals surface area contributed by atoms with Crippen LogP contribution >= 0.6 is 0 Å². The van der Waals surface area contributed by atoms with E-state index in [0.717, 1.165) is 0 Å². The third kappa shape index (κ3) is 4.06. The molecule has 0 saturated heterocycles. The van der Waals surface area contributed by atoms with Gasteiger partial charge in [-0.25, -0.2) is 4.39 Å². The normalized spacial score (nSPS) is 12.2. The predicted octanol–water partition coefficient (Wildman–Crippen LogP) is 3.36. The third-order valence-electron chi connectivity index (χ3n) is 3.83. The lowest BCUT2D eigenvalue weighted by molar-refractivity contribution is -0.121. The van der Waals surface area contributed by atoms with E-state index in [1.54, 1.807) is 36.4 Å². The summed E-state index contributed by atoms with van der Waals surface area (Å²) in [5, 5.41) is 6.59. The molecule has 0 spiro atoms. The van der Waals surface area contributed by atoms with E-state index in [1.165, 1.54) is 12.1 Å². The molecule has 0 aliphatic carbocycles. The molecule has 4 rings (SSSR count). The fourth-order valence-electron chi connectivity index (χ4n) is 2.55. The van der Waals surface area contributed by atoms with Crippen molar-refractivity contribution in [3.05, 3.63) is 60.0 Å². The molecular weight excluding hydrogens is 355 g/mol. The van der Waals surface area contributed by atoms with E-state index >= 15 is 0 Å². The van der Waals surface area contributed by atoms with Crippen molar-refractivity contribution in [2.75, 3.05) is 18.7 Å². The van der Waals surface area contributed by atoms with E-state index in [1.807, 2.05) is 0 Å². The highest BCUT2D eigenvalue weighted by atomic mass is 19.1. The molecular formula is C19H15FN2O5. The maximum atomic E-state index is 13.0. The molecule has 0 radical (unpaired) electrons. The van der Waals surface area contributed by atoms with Gasteiger partial charge in [-0.1, -0.05) is 5.16 Å². The molecule has 1 N–H and O–H groups in total. The van der Waals surface area contributed by atoms with E-state index in [2.05, 4.69) is 10.5 Å². The molecule has 1 aliphatic rings. The van der Waals surface area contributed by atoms with Gasteiger partial charge in [0.25, 0.3) is 0 Å². The zero-order valence-electron chi connectivity index (χ0n) is 14.1. The number of rotatable bonds is 6. The standard InChI is InChI=1S/C19H15FN2O5/c20-13-3-1-12(2-4-13)17-8-15(22-27-17)9-24-10-19(23)21-14-5-6-16-18(7-14)26-11-25-16/h1-8H,9-11H2,(H,21,23). The minimum atomic E-state index is -0.324. The average molecular weight is 370 g/mol. The fourth-order valence-corrected chi connectivity index (χ4v) is 2.55. The number of benzene rings is 2. The number of nitrogens with one attached hydrogen (secondary N) is 1. The Hall–Kier alpha value is -3.39. The summed E-state index contributed by atoms with van der Waals surface area (Å²) in [7, 11) is 0. The Morgan fingerprint density at radius 2 is 1.93 bits per heavy atom. The molecule has 0 saturated carbocycles. The molecule has 1 aromatic heterocycles. The quantitative estimate of drug-likeness (QED) is 0.716. The van der Waals surface area contributed by atoms with E-state index in [0.29, 0.717) is 34.2 Å². The van der Waals surface area contributed by atoms with Crippen molar-refractivity contribution in [2.24, 2.45) is 0 Å². The molecule has 2 aromatic carbocycles. The van der Waals surface area contributed by atoms with Gasteiger partial charge in [0.2, 0.25) is 12.7 Å². The van der Waals surface area contributed by atoms with E-state index < -0.39 is 0 Å². The van der Waals surface area contributed by atoms with E-state index in [-0.39, 0.29) is 31.7 Å². The zero-order valence-corrected chi connectivity index (χ0v) is 14.1. The number of fused-ring (bicyclic) bond motifs is 1. The molecule has 0 atom stereocenters. The van der Waals surface area contributed by atoms with Crippen LogP contribution in [-0.2, 0) is 16.1 Å². The van der Waals surface area contributed by atoms with Gasteiger partial charge >= 0.3 is 0 Å². The summed E-state index contributed by atoms with van der Waals surface area (Å²) in [6, 6.07) is 12.7. The van der Waals surface area contributed by atoms with E-state index in [4.69, 9.17) is 18.7 Å². The summed E-state index contributed by atoms with van der Waals surface area (Å²) < 4.78 is 34.0. The highest BCUT2D eigenvalue weighted by molar-refractivity contribution is 5.92. The van der Waals surface area contributed by atoms with Crippen LogP contribution in [0.2, 0.25) is 0 Å². The van der Waals surface area contributed by atoms with Crippen molar-refractivity contribution in [3.63, 3.8) is 0 Å². The van der Waals surface area contributed by atoms with Gasteiger partial charge in [-0.3, -0.25) is 4.79 Å². The minimum absolute atomic E-state index is 0.110. The zero-order chi connectivity index (χ0) is 18.6. The lowest BCUT2D eigenvalue weighted by Crippen LogP contribution is -2.18. The SMILES string of the molecule is O=C(COCc1cc(-c2ccc(F)cc2)on1)Nc1ccc2c(c1)OCO2. The maximum Gasteiger partial charge on any atom is 0.250 e. The van der Waals surface area contributed by atoms with Gasteiger partial charge in [-0.2, -0.15) is 0 Å². The van der Waals surface area contributed by atoms with Crippen LogP contribution in [0.15, 0.2) is 53.1 Å². The Kier molecular flexibility index (Phi) is 4.71. The number of aromatic nitrogens is 1. The summed E-state index contributed by atoms with van der Waals surface area (Å²) >= 11 is 0. The lowest BCUT2D eigenvalue weighted by atomic mass is 10.1. The number of nitrogens with zero attached hydrogens (tertiary/aromatic N) is 1. The van der Waals surface area contributed by atoms with Crippen LogP contribution in [0.1, 0.15) is 5.69 Å². The molecule has 0 fully saturated rings. The average Bonchev–Trinajstić information content (AvgIpc) is 3.31. The molecule has 8 heteroatoms. The van der Waals surface area contributed by atoms with Crippen LogP contribution in [0.25, 0.3) is 11.3 Å². The van der Waals surface area contributed by atoms with Crippen molar-refractivity contribution in [3.8, 4) is 22.8 Å². The van der Waals surface area contributed by atoms with Gasteiger partial charge in [0.15, 0.2) is 17.3 Å². The van der Waals surface area contributed by atoms with Crippen molar-refractivity contribution < 1.29 is 27.9 Å². The number of carbonyl (C=O) groups excluding carboxylic acids is 1. The Morgan fingerprint density at radius 3 is 2.78 bits per heavy atom. The first-order valence-electron chi connectivity index (χ1n) is 8.16. The van der Waals surface area contributed by atoms with Gasteiger partial charge in [0, 0.05) is 23.4 Å². The number of hydrogen-bond donors (Lipinski definition) is 1. The first kappa shape index (κ1) is 17.0. The topological polar surface area (TPSA) is 82.8 Å². The molecule has 27 heavy (non-hydrogen) atoms. The molecule has 0 bridgehead atoms.